The highest BCUT2D eigenvalue weighted by Gasteiger charge is 2.15. The summed E-state index contributed by atoms with van der Waals surface area (Å²) in [5, 5.41) is 2.89. The van der Waals surface area contributed by atoms with E-state index >= 15 is 0 Å². The number of carbonyl (C=O) groups excluding carboxylic acids is 1. The molecule has 88 valence electrons. The molecule has 1 aromatic carbocycles. The van der Waals surface area contributed by atoms with Gasteiger partial charge in [-0.1, -0.05) is 37.3 Å². The van der Waals surface area contributed by atoms with Crippen LogP contribution in [0.25, 0.3) is 0 Å². The van der Waals surface area contributed by atoms with Crippen molar-refractivity contribution in [1.29, 1.82) is 0 Å². The first kappa shape index (κ1) is 12.7. The molecule has 1 aromatic rings. The number of hydrogen-bond donors (Lipinski definition) is 2. The smallest absolute Gasteiger partial charge is 0.237 e. The third-order valence-corrected chi connectivity index (χ3v) is 2.64. The Morgan fingerprint density at radius 3 is 2.56 bits per heavy atom. The van der Waals surface area contributed by atoms with Crippen LogP contribution in [0, 0.1) is 0 Å². The SMILES string of the molecule is CC[C@@H](C)NC(=O)[C@H](N)Cc1ccccc1. The minimum Gasteiger partial charge on any atom is -0.352 e. The molecule has 0 aromatic heterocycles. The lowest BCUT2D eigenvalue weighted by atomic mass is 10.1. The summed E-state index contributed by atoms with van der Waals surface area (Å²) in [6.45, 7) is 4.01. The molecule has 0 aliphatic rings. The highest BCUT2D eigenvalue weighted by molar-refractivity contribution is 5.82. The van der Waals surface area contributed by atoms with Crippen molar-refractivity contribution in [3.8, 4) is 0 Å². The lowest BCUT2D eigenvalue weighted by Crippen LogP contribution is -2.45. The van der Waals surface area contributed by atoms with Crippen LogP contribution < -0.4 is 11.1 Å². The van der Waals surface area contributed by atoms with E-state index in [0.29, 0.717) is 6.42 Å². The second-order valence-corrected chi connectivity index (χ2v) is 4.11. The topological polar surface area (TPSA) is 55.1 Å². The van der Waals surface area contributed by atoms with Crippen molar-refractivity contribution >= 4 is 5.91 Å². The first-order chi connectivity index (χ1) is 7.63. The summed E-state index contributed by atoms with van der Waals surface area (Å²) < 4.78 is 0. The summed E-state index contributed by atoms with van der Waals surface area (Å²) in [4.78, 5) is 11.7. The summed E-state index contributed by atoms with van der Waals surface area (Å²) in [5.41, 5.74) is 6.93. The Balaban J connectivity index is 2.46. The van der Waals surface area contributed by atoms with E-state index in [-0.39, 0.29) is 11.9 Å². The van der Waals surface area contributed by atoms with Crippen molar-refractivity contribution in [3.63, 3.8) is 0 Å². The molecule has 0 saturated heterocycles. The molecular formula is C13H20N2O. The number of amides is 1. The average molecular weight is 220 g/mol. The van der Waals surface area contributed by atoms with E-state index in [4.69, 9.17) is 5.73 Å². The van der Waals surface area contributed by atoms with Gasteiger partial charge in [0.15, 0.2) is 0 Å². The quantitative estimate of drug-likeness (QED) is 0.789. The van der Waals surface area contributed by atoms with Gasteiger partial charge in [0.1, 0.15) is 0 Å². The molecule has 16 heavy (non-hydrogen) atoms. The van der Waals surface area contributed by atoms with Gasteiger partial charge >= 0.3 is 0 Å². The van der Waals surface area contributed by atoms with Crippen molar-refractivity contribution in [1.82, 2.24) is 5.32 Å². The second kappa shape index (κ2) is 6.28. The van der Waals surface area contributed by atoms with Crippen LogP contribution >= 0.6 is 0 Å². The average Bonchev–Trinajstić information content (AvgIpc) is 2.30. The standard InChI is InChI=1S/C13H20N2O/c1-3-10(2)15-13(16)12(14)9-11-7-5-4-6-8-11/h4-8,10,12H,3,9,14H2,1-2H3,(H,15,16)/t10-,12-/m1/s1. The number of benzene rings is 1. The summed E-state index contributed by atoms with van der Waals surface area (Å²) in [6.07, 6.45) is 1.51. The zero-order valence-electron chi connectivity index (χ0n) is 9.94. The highest BCUT2D eigenvalue weighted by atomic mass is 16.2. The zero-order valence-corrected chi connectivity index (χ0v) is 9.94. The molecule has 0 radical (unpaired) electrons. The molecule has 0 aliphatic heterocycles. The van der Waals surface area contributed by atoms with Crippen LogP contribution in [0.5, 0.6) is 0 Å². The van der Waals surface area contributed by atoms with Gasteiger partial charge in [0.25, 0.3) is 0 Å². The third kappa shape index (κ3) is 4.03. The largest absolute Gasteiger partial charge is 0.352 e. The molecule has 2 atom stereocenters. The van der Waals surface area contributed by atoms with Gasteiger partial charge in [-0.05, 0) is 25.3 Å². The summed E-state index contributed by atoms with van der Waals surface area (Å²) in [7, 11) is 0. The lowest BCUT2D eigenvalue weighted by molar-refractivity contribution is -0.122. The monoisotopic (exact) mass is 220 g/mol. The molecular weight excluding hydrogens is 200 g/mol. The van der Waals surface area contributed by atoms with Crippen molar-refractivity contribution in [2.75, 3.05) is 0 Å². The Kier molecular flexibility index (Phi) is 4.99. The van der Waals surface area contributed by atoms with Crippen molar-refractivity contribution < 1.29 is 4.79 Å². The van der Waals surface area contributed by atoms with Gasteiger partial charge in [0.05, 0.1) is 6.04 Å². The van der Waals surface area contributed by atoms with Crippen LogP contribution in [0.4, 0.5) is 0 Å². The maximum atomic E-state index is 11.7. The van der Waals surface area contributed by atoms with Gasteiger partial charge in [-0.25, -0.2) is 0 Å². The first-order valence-corrected chi connectivity index (χ1v) is 5.73. The van der Waals surface area contributed by atoms with Crippen LogP contribution in [-0.2, 0) is 11.2 Å². The predicted octanol–water partition coefficient (Wildman–Crippen LogP) is 1.47. The molecule has 3 N–H and O–H groups in total. The lowest BCUT2D eigenvalue weighted by Gasteiger charge is -2.16. The van der Waals surface area contributed by atoms with Crippen molar-refractivity contribution in [2.45, 2.75) is 38.8 Å². The summed E-state index contributed by atoms with van der Waals surface area (Å²) in [5.74, 6) is -0.0711. The number of hydrogen-bond acceptors (Lipinski definition) is 2. The third-order valence-electron chi connectivity index (χ3n) is 2.64. The Bertz CT molecular complexity index is 324. The van der Waals surface area contributed by atoms with E-state index in [1.165, 1.54) is 0 Å². The first-order valence-electron chi connectivity index (χ1n) is 5.73. The molecule has 0 fully saturated rings. The minimum absolute atomic E-state index is 0.0711. The summed E-state index contributed by atoms with van der Waals surface area (Å²) in [6, 6.07) is 9.55. The highest BCUT2D eigenvalue weighted by Crippen LogP contribution is 2.02. The fraction of sp³-hybridized carbons (Fsp3) is 0.462. The Morgan fingerprint density at radius 2 is 2.00 bits per heavy atom. The molecule has 0 bridgehead atoms. The predicted molar refractivity (Wildman–Crippen MR) is 66.0 cm³/mol. The van der Waals surface area contributed by atoms with Crippen LogP contribution in [0.15, 0.2) is 30.3 Å². The van der Waals surface area contributed by atoms with Gasteiger partial charge in [-0.2, -0.15) is 0 Å². The number of carbonyl (C=O) groups is 1. The van der Waals surface area contributed by atoms with Crippen LogP contribution in [0.2, 0.25) is 0 Å². The van der Waals surface area contributed by atoms with Gasteiger partial charge in [0, 0.05) is 6.04 Å². The van der Waals surface area contributed by atoms with Crippen LogP contribution in [0.1, 0.15) is 25.8 Å². The minimum atomic E-state index is -0.462. The summed E-state index contributed by atoms with van der Waals surface area (Å²) >= 11 is 0. The normalized spacial score (nSPS) is 14.2. The Morgan fingerprint density at radius 1 is 1.38 bits per heavy atom. The molecule has 3 nitrogen and oxygen atoms in total. The maximum absolute atomic E-state index is 11.7. The second-order valence-electron chi connectivity index (χ2n) is 4.11. The number of rotatable bonds is 5. The van der Waals surface area contributed by atoms with Gasteiger partial charge in [-0.15, -0.1) is 0 Å². The molecule has 0 saturated carbocycles. The fourth-order valence-electron chi connectivity index (χ4n) is 1.41. The van der Waals surface area contributed by atoms with Gasteiger partial charge < -0.3 is 11.1 Å². The molecule has 3 heteroatoms. The van der Waals surface area contributed by atoms with E-state index in [1.54, 1.807) is 0 Å². The fourth-order valence-corrected chi connectivity index (χ4v) is 1.41. The van der Waals surface area contributed by atoms with E-state index < -0.39 is 6.04 Å². The molecule has 1 amide bonds. The van der Waals surface area contributed by atoms with E-state index in [9.17, 15) is 4.79 Å². The van der Waals surface area contributed by atoms with Gasteiger partial charge in [0.2, 0.25) is 5.91 Å². The molecule has 0 aliphatic carbocycles. The van der Waals surface area contributed by atoms with Crippen LogP contribution in [0.3, 0.4) is 0 Å². The maximum Gasteiger partial charge on any atom is 0.237 e. The number of nitrogens with one attached hydrogen (secondary N) is 1. The number of nitrogens with two attached hydrogens (primary N) is 1. The van der Waals surface area contributed by atoms with E-state index in [0.717, 1.165) is 12.0 Å². The molecule has 0 spiro atoms. The molecule has 0 unspecified atom stereocenters. The van der Waals surface area contributed by atoms with E-state index in [2.05, 4.69) is 5.32 Å². The Hall–Kier alpha value is -1.35. The van der Waals surface area contributed by atoms with Gasteiger partial charge in [-0.3, -0.25) is 4.79 Å². The molecule has 1 rings (SSSR count). The Labute approximate surface area is 97.0 Å². The molecule has 0 heterocycles. The van der Waals surface area contributed by atoms with E-state index in [1.807, 2.05) is 44.2 Å². The van der Waals surface area contributed by atoms with Crippen molar-refractivity contribution in [2.24, 2.45) is 5.73 Å². The zero-order chi connectivity index (χ0) is 12.0. The van der Waals surface area contributed by atoms with Crippen molar-refractivity contribution in [3.05, 3.63) is 35.9 Å². The van der Waals surface area contributed by atoms with Crippen LogP contribution in [-0.4, -0.2) is 18.0 Å².